The molecule has 1 atom stereocenters. The second-order valence-electron chi connectivity index (χ2n) is 6.41. The van der Waals surface area contributed by atoms with E-state index < -0.39 is 0 Å². The highest BCUT2D eigenvalue weighted by Crippen LogP contribution is 2.43. The molecule has 2 aromatic rings. The Kier molecular flexibility index (Phi) is 4.57. The smallest absolute Gasteiger partial charge is 0.169 e. The maximum absolute atomic E-state index is 6.38. The van der Waals surface area contributed by atoms with Crippen LogP contribution >= 0.6 is 23.2 Å². The maximum Gasteiger partial charge on any atom is 0.169 e. The van der Waals surface area contributed by atoms with Crippen LogP contribution in [0.3, 0.4) is 0 Å². The first-order valence-corrected chi connectivity index (χ1v) is 9.05. The van der Waals surface area contributed by atoms with Gasteiger partial charge in [0.2, 0.25) is 0 Å². The summed E-state index contributed by atoms with van der Waals surface area (Å²) in [5, 5.41) is 4.70. The van der Waals surface area contributed by atoms with Crippen LogP contribution < -0.4 is 14.8 Å². The van der Waals surface area contributed by atoms with Gasteiger partial charge in [0.25, 0.3) is 0 Å². The zero-order valence-electron chi connectivity index (χ0n) is 13.2. The van der Waals surface area contributed by atoms with Crippen LogP contribution in [0, 0.1) is 5.92 Å². The minimum Gasteiger partial charge on any atom is -0.486 e. The largest absolute Gasteiger partial charge is 0.486 e. The Balaban J connectivity index is 1.56. The molecule has 5 heteroatoms. The summed E-state index contributed by atoms with van der Waals surface area (Å²) in [7, 11) is 0. The van der Waals surface area contributed by atoms with Gasteiger partial charge >= 0.3 is 0 Å². The highest BCUT2D eigenvalue weighted by molar-refractivity contribution is 6.36. The van der Waals surface area contributed by atoms with Gasteiger partial charge < -0.3 is 14.8 Å². The fourth-order valence-corrected chi connectivity index (χ4v) is 3.44. The number of fused-ring (bicyclic) bond motifs is 1. The third kappa shape index (κ3) is 3.49. The van der Waals surface area contributed by atoms with Crippen LogP contribution in [-0.2, 0) is 0 Å². The van der Waals surface area contributed by atoms with E-state index >= 15 is 0 Å². The first kappa shape index (κ1) is 16.1. The van der Waals surface area contributed by atoms with Gasteiger partial charge in [-0.25, -0.2) is 0 Å². The minimum absolute atomic E-state index is 0.00322. The molecular weight excluding hydrogens is 345 g/mol. The van der Waals surface area contributed by atoms with Gasteiger partial charge in [-0.05, 0) is 43.5 Å². The highest BCUT2D eigenvalue weighted by atomic mass is 35.5. The second-order valence-corrected chi connectivity index (χ2v) is 7.25. The quantitative estimate of drug-likeness (QED) is 0.827. The van der Waals surface area contributed by atoms with E-state index in [0.29, 0.717) is 16.7 Å². The van der Waals surface area contributed by atoms with Crippen molar-refractivity contribution in [2.45, 2.75) is 18.9 Å². The summed E-state index contributed by atoms with van der Waals surface area (Å²) in [5.41, 5.74) is 1.83. The van der Waals surface area contributed by atoms with Gasteiger partial charge in [-0.3, -0.25) is 0 Å². The zero-order chi connectivity index (χ0) is 16.5. The van der Waals surface area contributed by atoms with Crippen LogP contribution in [-0.4, -0.2) is 25.8 Å². The van der Waals surface area contributed by atoms with E-state index in [1.54, 1.807) is 6.07 Å². The topological polar surface area (TPSA) is 30.5 Å². The van der Waals surface area contributed by atoms with Crippen molar-refractivity contribution in [3.05, 3.63) is 46.4 Å². The molecule has 1 fully saturated rings. The average Bonchev–Trinajstić information content (AvgIpc) is 3.39. The third-order valence-corrected chi connectivity index (χ3v) is 4.96. The van der Waals surface area contributed by atoms with Crippen molar-refractivity contribution in [2.75, 3.05) is 19.7 Å². The van der Waals surface area contributed by atoms with Gasteiger partial charge in [-0.2, -0.15) is 0 Å². The maximum atomic E-state index is 6.38. The molecule has 0 aromatic heterocycles. The van der Waals surface area contributed by atoms with Gasteiger partial charge in [0.15, 0.2) is 11.5 Å². The van der Waals surface area contributed by atoms with Crippen LogP contribution in [0.15, 0.2) is 36.4 Å². The first-order chi connectivity index (χ1) is 11.7. The van der Waals surface area contributed by atoms with E-state index in [1.165, 1.54) is 12.8 Å². The predicted molar refractivity (Wildman–Crippen MR) is 97.4 cm³/mol. The lowest BCUT2D eigenvalue weighted by Crippen LogP contribution is -2.39. The standard InChI is InChI=1S/C19H19Cl2NO2/c20-13-6-7-15(17(21)8-13)16-2-1-3-18-19(16)24-14(11-23-18)10-22-9-12-4-5-12/h1-3,6-8,12,14,22H,4-5,9-11H2. The predicted octanol–water partition coefficient (Wildman–Crippen LogP) is 4.80. The molecule has 1 heterocycles. The SMILES string of the molecule is Clc1ccc(-c2cccc3c2OC(CNCC2CC2)CO3)c(Cl)c1. The summed E-state index contributed by atoms with van der Waals surface area (Å²) in [6.07, 6.45) is 2.69. The van der Waals surface area contributed by atoms with E-state index in [0.717, 1.165) is 41.6 Å². The fourth-order valence-electron chi connectivity index (χ4n) is 2.93. The molecule has 4 rings (SSSR count). The number of ether oxygens (including phenoxy) is 2. The molecule has 3 nitrogen and oxygen atoms in total. The fraction of sp³-hybridized carbons (Fsp3) is 0.368. The number of hydrogen-bond acceptors (Lipinski definition) is 3. The molecule has 2 aromatic carbocycles. The molecule has 126 valence electrons. The Morgan fingerprint density at radius 1 is 1.04 bits per heavy atom. The lowest BCUT2D eigenvalue weighted by Gasteiger charge is -2.28. The summed E-state index contributed by atoms with van der Waals surface area (Å²) in [4.78, 5) is 0. The molecule has 1 aliphatic carbocycles. The van der Waals surface area contributed by atoms with E-state index in [2.05, 4.69) is 5.32 Å². The van der Waals surface area contributed by atoms with Crippen molar-refractivity contribution >= 4 is 23.2 Å². The highest BCUT2D eigenvalue weighted by Gasteiger charge is 2.26. The molecule has 24 heavy (non-hydrogen) atoms. The van der Waals surface area contributed by atoms with Crippen LogP contribution in [0.2, 0.25) is 10.0 Å². The molecule has 0 saturated heterocycles. The number of para-hydroxylation sites is 1. The first-order valence-electron chi connectivity index (χ1n) is 8.29. The molecule has 0 spiro atoms. The molecule has 1 aliphatic heterocycles. The molecule has 0 amide bonds. The van der Waals surface area contributed by atoms with Gasteiger partial charge in [0, 0.05) is 22.7 Å². The van der Waals surface area contributed by atoms with Crippen molar-refractivity contribution in [3.63, 3.8) is 0 Å². The van der Waals surface area contributed by atoms with Crippen molar-refractivity contribution in [1.29, 1.82) is 0 Å². The summed E-state index contributed by atoms with van der Waals surface area (Å²) < 4.78 is 12.1. The summed E-state index contributed by atoms with van der Waals surface area (Å²) in [5.74, 6) is 2.37. The lowest BCUT2D eigenvalue weighted by atomic mass is 10.0. The summed E-state index contributed by atoms with van der Waals surface area (Å²) in [6.45, 7) is 2.42. The number of hydrogen-bond donors (Lipinski definition) is 1. The van der Waals surface area contributed by atoms with Gasteiger partial charge in [-0.1, -0.05) is 41.4 Å². The molecular formula is C19H19Cl2NO2. The Bertz CT molecular complexity index is 746. The minimum atomic E-state index is 0.00322. The molecule has 0 radical (unpaired) electrons. The number of rotatable bonds is 5. The van der Waals surface area contributed by atoms with Gasteiger partial charge in [0.05, 0.1) is 5.02 Å². The van der Waals surface area contributed by atoms with Crippen molar-refractivity contribution in [1.82, 2.24) is 5.32 Å². The monoisotopic (exact) mass is 363 g/mol. The van der Waals surface area contributed by atoms with Crippen molar-refractivity contribution in [3.8, 4) is 22.6 Å². The number of halogens is 2. The average molecular weight is 364 g/mol. The zero-order valence-corrected chi connectivity index (χ0v) is 14.7. The van der Waals surface area contributed by atoms with Crippen molar-refractivity contribution in [2.24, 2.45) is 5.92 Å². The Morgan fingerprint density at radius 2 is 1.92 bits per heavy atom. The van der Waals surface area contributed by atoms with Gasteiger partial charge in [0.1, 0.15) is 12.7 Å². The van der Waals surface area contributed by atoms with E-state index in [-0.39, 0.29) is 6.10 Å². The Morgan fingerprint density at radius 3 is 2.71 bits per heavy atom. The second kappa shape index (κ2) is 6.83. The van der Waals surface area contributed by atoms with Gasteiger partial charge in [-0.15, -0.1) is 0 Å². The summed E-state index contributed by atoms with van der Waals surface area (Å²) in [6, 6.07) is 11.4. The number of benzene rings is 2. The van der Waals surface area contributed by atoms with E-state index in [4.69, 9.17) is 32.7 Å². The van der Waals surface area contributed by atoms with Crippen molar-refractivity contribution < 1.29 is 9.47 Å². The van der Waals surface area contributed by atoms with Crippen LogP contribution in [0.4, 0.5) is 0 Å². The van der Waals surface area contributed by atoms with Crippen LogP contribution in [0.5, 0.6) is 11.5 Å². The molecule has 2 aliphatic rings. The van der Waals surface area contributed by atoms with E-state index in [1.807, 2.05) is 30.3 Å². The normalized spacial score (nSPS) is 19.3. The van der Waals surface area contributed by atoms with Crippen LogP contribution in [0.25, 0.3) is 11.1 Å². The molecule has 0 bridgehead atoms. The Hall–Kier alpha value is -1.42. The third-order valence-electron chi connectivity index (χ3n) is 4.41. The summed E-state index contributed by atoms with van der Waals surface area (Å²) >= 11 is 12.4. The lowest BCUT2D eigenvalue weighted by molar-refractivity contribution is 0.0911. The Labute approximate surface area is 151 Å². The molecule has 1 unspecified atom stereocenters. The van der Waals surface area contributed by atoms with E-state index in [9.17, 15) is 0 Å². The number of nitrogens with one attached hydrogen (secondary N) is 1. The molecule has 1 saturated carbocycles. The van der Waals surface area contributed by atoms with Crippen LogP contribution in [0.1, 0.15) is 12.8 Å². The molecule has 1 N–H and O–H groups in total.